The molecule has 96 valence electrons. The summed E-state index contributed by atoms with van der Waals surface area (Å²) in [5, 5.41) is 0. The first-order valence-corrected chi connectivity index (χ1v) is 6.24. The van der Waals surface area contributed by atoms with Crippen LogP contribution in [-0.4, -0.2) is 24.0 Å². The third-order valence-corrected chi connectivity index (χ3v) is 3.15. The van der Waals surface area contributed by atoms with Crippen molar-refractivity contribution in [3.05, 3.63) is 60.4 Å². The van der Waals surface area contributed by atoms with Gasteiger partial charge in [-0.1, -0.05) is 30.3 Å². The van der Waals surface area contributed by atoms with E-state index in [1.54, 1.807) is 17.3 Å². The van der Waals surface area contributed by atoms with Crippen LogP contribution in [0.3, 0.4) is 0 Å². The highest BCUT2D eigenvalue weighted by atomic mass is 16.5. The van der Waals surface area contributed by atoms with E-state index in [2.05, 4.69) is 4.98 Å². The Morgan fingerprint density at radius 1 is 1.16 bits per heavy atom. The van der Waals surface area contributed by atoms with Crippen molar-refractivity contribution in [2.45, 2.75) is 6.10 Å². The molecule has 0 N–H and O–H groups in total. The van der Waals surface area contributed by atoms with Gasteiger partial charge in [0.05, 0.1) is 18.5 Å². The second kappa shape index (κ2) is 5.20. The van der Waals surface area contributed by atoms with E-state index in [1.165, 1.54) is 0 Å². The van der Waals surface area contributed by atoms with Gasteiger partial charge in [0, 0.05) is 12.7 Å². The molecule has 1 aliphatic heterocycles. The predicted octanol–water partition coefficient (Wildman–Crippen LogP) is 2.19. The Kier molecular flexibility index (Phi) is 3.25. The zero-order chi connectivity index (χ0) is 13.1. The van der Waals surface area contributed by atoms with E-state index in [0.29, 0.717) is 13.2 Å². The number of anilines is 1. The van der Waals surface area contributed by atoms with Crippen LogP contribution in [0.2, 0.25) is 0 Å². The molecular weight excluding hydrogens is 240 g/mol. The third-order valence-electron chi connectivity index (χ3n) is 3.15. The fourth-order valence-electron chi connectivity index (χ4n) is 2.22. The van der Waals surface area contributed by atoms with Gasteiger partial charge >= 0.3 is 0 Å². The maximum atomic E-state index is 12.5. The van der Waals surface area contributed by atoms with Crippen molar-refractivity contribution in [1.82, 2.24) is 4.98 Å². The number of morpholine rings is 1. The number of pyridine rings is 1. The zero-order valence-corrected chi connectivity index (χ0v) is 10.4. The molecule has 1 atom stereocenters. The molecule has 2 heterocycles. The minimum absolute atomic E-state index is 0.0366. The predicted molar refractivity (Wildman–Crippen MR) is 71.7 cm³/mol. The van der Waals surface area contributed by atoms with Crippen LogP contribution in [0, 0.1) is 0 Å². The summed E-state index contributed by atoms with van der Waals surface area (Å²) in [6, 6.07) is 13.3. The van der Waals surface area contributed by atoms with Gasteiger partial charge in [-0.05, 0) is 17.7 Å². The van der Waals surface area contributed by atoms with E-state index in [1.807, 2.05) is 42.5 Å². The zero-order valence-electron chi connectivity index (χ0n) is 10.4. The first kappa shape index (κ1) is 11.9. The first-order valence-electron chi connectivity index (χ1n) is 6.24. The van der Waals surface area contributed by atoms with Crippen LogP contribution in [0.1, 0.15) is 11.7 Å². The van der Waals surface area contributed by atoms with Crippen LogP contribution >= 0.6 is 0 Å². The summed E-state index contributed by atoms with van der Waals surface area (Å²) in [6.07, 6.45) is 2.88. The molecule has 0 radical (unpaired) electrons. The van der Waals surface area contributed by atoms with Gasteiger partial charge in [0.15, 0.2) is 6.10 Å². The standard InChI is InChI=1S/C15H14N2O2/c18-15-14(12-5-2-1-3-6-12)19-10-9-17(15)13-7-4-8-16-11-13/h1-8,11,14H,9-10H2. The van der Waals surface area contributed by atoms with Crippen LogP contribution in [0.15, 0.2) is 54.9 Å². The maximum absolute atomic E-state index is 12.5. The summed E-state index contributed by atoms with van der Waals surface area (Å²) in [5.41, 5.74) is 1.71. The monoisotopic (exact) mass is 254 g/mol. The highest BCUT2D eigenvalue weighted by Gasteiger charge is 2.31. The number of rotatable bonds is 2. The number of carbonyl (C=O) groups excluding carboxylic acids is 1. The fraction of sp³-hybridized carbons (Fsp3) is 0.200. The molecule has 4 nitrogen and oxygen atoms in total. The van der Waals surface area contributed by atoms with Gasteiger partial charge in [-0.2, -0.15) is 0 Å². The van der Waals surface area contributed by atoms with E-state index in [9.17, 15) is 4.79 Å². The summed E-state index contributed by atoms with van der Waals surface area (Å²) < 4.78 is 5.62. The van der Waals surface area contributed by atoms with E-state index >= 15 is 0 Å². The average Bonchev–Trinajstić information content (AvgIpc) is 2.49. The Bertz CT molecular complexity index is 507. The highest BCUT2D eigenvalue weighted by molar-refractivity contribution is 5.97. The van der Waals surface area contributed by atoms with Crippen molar-refractivity contribution in [2.24, 2.45) is 0 Å². The number of carbonyl (C=O) groups is 1. The lowest BCUT2D eigenvalue weighted by Crippen LogP contribution is -2.43. The summed E-state index contributed by atoms with van der Waals surface area (Å²) in [7, 11) is 0. The van der Waals surface area contributed by atoms with Gasteiger partial charge in [0.1, 0.15) is 0 Å². The number of hydrogen-bond donors (Lipinski definition) is 0. The fourth-order valence-corrected chi connectivity index (χ4v) is 2.22. The molecule has 1 fully saturated rings. The van der Waals surface area contributed by atoms with Gasteiger partial charge in [-0.15, -0.1) is 0 Å². The Hall–Kier alpha value is -2.20. The van der Waals surface area contributed by atoms with Crippen molar-refractivity contribution in [3.8, 4) is 0 Å². The minimum Gasteiger partial charge on any atom is -0.362 e. The summed E-state index contributed by atoms with van der Waals surface area (Å²) >= 11 is 0. The number of ether oxygens (including phenoxy) is 1. The second-order valence-corrected chi connectivity index (χ2v) is 4.36. The lowest BCUT2D eigenvalue weighted by Gasteiger charge is -2.32. The molecule has 19 heavy (non-hydrogen) atoms. The molecule has 1 amide bonds. The molecule has 1 aromatic heterocycles. The van der Waals surface area contributed by atoms with E-state index in [-0.39, 0.29) is 5.91 Å². The van der Waals surface area contributed by atoms with Gasteiger partial charge in [-0.3, -0.25) is 9.78 Å². The molecule has 0 saturated carbocycles. The van der Waals surface area contributed by atoms with Crippen molar-refractivity contribution in [3.63, 3.8) is 0 Å². The van der Waals surface area contributed by atoms with E-state index in [0.717, 1.165) is 11.3 Å². The molecule has 0 aliphatic carbocycles. The number of benzene rings is 1. The Morgan fingerprint density at radius 2 is 2.00 bits per heavy atom. The largest absolute Gasteiger partial charge is 0.362 e. The molecule has 1 aliphatic rings. The maximum Gasteiger partial charge on any atom is 0.260 e. The Labute approximate surface area is 111 Å². The Balaban J connectivity index is 1.88. The van der Waals surface area contributed by atoms with Gasteiger partial charge < -0.3 is 9.64 Å². The normalized spacial score (nSPS) is 19.5. The van der Waals surface area contributed by atoms with Crippen LogP contribution in [0.5, 0.6) is 0 Å². The van der Waals surface area contributed by atoms with Gasteiger partial charge in [0.25, 0.3) is 5.91 Å². The minimum atomic E-state index is -0.518. The number of hydrogen-bond acceptors (Lipinski definition) is 3. The molecule has 1 aromatic carbocycles. The summed E-state index contributed by atoms with van der Waals surface area (Å²) in [4.78, 5) is 18.3. The topological polar surface area (TPSA) is 42.4 Å². The van der Waals surface area contributed by atoms with Crippen LogP contribution in [0.4, 0.5) is 5.69 Å². The number of aromatic nitrogens is 1. The molecule has 2 aromatic rings. The molecule has 1 unspecified atom stereocenters. The molecule has 4 heteroatoms. The van der Waals surface area contributed by atoms with Crippen molar-refractivity contribution < 1.29 is 9.53 Å². The average molecular weight is 254 g/mol. The third kappa shape index (κ3) is 2.35. The molecule has 1 saturated heterocycles. The molecule has 3 rings (SSSR count). The summed E-state index contributed by atoms with van der Waals surface area (Å²) in [6.45, 7) is 1.09. The van der Waals surface area contributed by atoms with Crippen LogP contribution in [-0.2, 0) is 9.53 Å². The van der Waals surface area contributed by atoms with Crippen LogP contribution < -0.4 is 4.90 Å². The van der Waals surface area contributed by atoms with Gasteiger partial charge in [-0.25, -0.2) is 0 Å². The quantitative estimate of drug-likeness (QED) is 0.825. The number of amides is 1. The van der Waals surface area contributed by atoms with Crippen molar-refractivity contribution in [1.29, 1.82) is 0 Å². The summed E-state index contributed by atoms with van der Waals surface area (Å²) in [5.74, 6) is -0.0366. The van der Waals surface area contributed by atoms with Gasteiger partial charge in [0.2, 0.25) is 0 Å². The smallest absolute Gasteiger partial charge is 0.260 e. The highest BCUT2D eigenvalue weighted by Crippen LogP contribution is 2.26. The van der Waals surface area contributed by atoms with E-state index < -0.39 is 6.10 Å². The van der Waals surface area contributed by atoms with Crippen LogP contribution in [0.25, 0.3) is 0 Å². The van der Waals surface area contributed by atoms with Crippen molar-refractivity contribution >= 4 is 11.6 Å². The SMILES string of the molecule is O=C1C(c2ccccc2)OCCN1c1cccnc1. The second-order valence-electron chi connectivity index (χ2n) is 4.36. The van der Waals surface area contributed by atoms with E-state index in [4.69, 9.17) is 4.74 Å². The Morgan fingerprint density at radius 3 is 2.74 bits per heavy atom. The molecule has 0 spiro atoms. The lowest BCUT2D eigenvalue weighted by atomic mass is 10.1. The number of nitrogens with zero attached hydrogens (tertiary/aromatic N) is 2. The first-order chi connectivity index (χ1) is 9.36. The van der Waals surface area contributed by atoms with Crippen molar-refractivity contribution in [2.75, 3.05) is 18.1 Å². The lowest BCUT2D eigenvalue weighted by molar-refractivity contribution is -0.134. The molecule has 0 bridgehead atoms. The molecular formula is C15H14N2O2.